The van der Waals surface area contributed by atoms with E-state index in [0.717, 1.165) is 10.0 Å². The van der Waals surface area contributed by atoms with E-state index in [-0.39, 0.29) is 0 Å². The fraction of sp³-hybridized carbons (Fsp3) is 0.100. The second-order valence-electron chi connectivity index (χ2n) is 2.96. The highest BCUT2D eigenvalue weighted by atomic mass is 79.9. The van der Waals surface area contributed by atoms with Gasteiger partial charge >= 0.3 is 0 Å². The van der Waals surface area contributed by atoms with E-state index in [1.165, 1.54) is 0 Å². The normalized spacial score (nSPS) is 10.3. The maximum atomic E-state index is 5.49. The van der Waals surface area contributed by atoms with Crippen molar-refractivity contribution < 1.29 is 9.26 Å². The Hall–Kier alpha value is -1.49. The molecular formula is C10H9BrN2O2. The Morgan fingerprint density at radius 1 is 1.40 bits per heavy atom. The molecule has 0 bridgehead atoms. The van der Waals surface area contributed by atoms with Crippen LogP contribution in [-0.4, -0.2) is 12.3 Å². The van der Waals surface area contributed by atoms with E-state index in [1.807, 2.05) is 18.2 Å². The second-order valence-corrected chi connectivity index (χ2v) is 3.88. The number of anilines is 1. The minimum Gasteiger partial charge on any atom is -0.496 e. The Morgan fingerprint density at radius 3 is 2.80 bits per heavy atom. The van der Waals surface area contributed by atoms with Crippen LogP contribution in [0.2, 0.25) is 0 Å². The third kappa shape index (κ3) is 1.97. The SMILES string of the molecule is COc1ccc(Br)cc1-c1cc(N)no1. The maximum absolute atomic E-state index is 5.49. The summed E-state index contributed by atoms with van der Waals surface area (Å²) in [5.74, 6) is 1.66. The first-order valence-electron chi connectivity index (χ1n) is 4.27. The van der Waals surface area contributed by atoms with Gasteiger partial charge in [0.2, 0.25) is 0 Å². The lowest BCUT2D eigenvalue weighted by Crippen LogP contribution is -1.86. The van der Waals surface area contributed by atoms with Crippen LogP contribution in [-0.2, 0) is 0 Å². The number of methoxy groups -OCH3 is 1. The van der Waals surface area contributed by atoms with E-state index in [9.17, 15) is 0 Å². The fourth-order valence-corrected chi connectivity index (χ4v) is 1.65. The zero-order chi connectivity index (χ0) is 10.8. The van der Waals surface area contributed by atoms with Gasteiger partial charge in [-0.1, -0.05) is 21.1 Å². The van der Waals surface area contributed by atoms with Crippen LogP contribution in [0.25, 0.3) is 11.3 Å². The lowest BCUT2D eigenvalue weighted by Gasteiger charge is -2.05. The Labute approximate surface area is 95.1 Å². The molecule has 1 heterocycles. The van der Waals surface area contributed by atoms with Crippen molar-refractivity contribution in [1.82, 2.24) is 5.16 Å². The molecule has 0 saturated heterocycles. The summed E-state index contributed by atoms with van der Waals surface area (Å²) >= 11 is 3.38. The molecule has 15 heavy (non-hydrogen) atoms. The number of hydrogen-bond donors (Lipinski definition) is 1. The van der Waals surface area contributed by atoms with Crippen LogP contribution >= 0.6 is 15.9 Å². The highest BCUT2D eigenvalue weighted by molar-refractivity contribution is 9.10. The predicted molar refractivity (Wildman–Crippen MR) is 60.6 cm³/mol. The molecule has 4 nitrogen and oxygen atoms in total. The molecule has 0 unspecified atom stereocenters. The minimum absolute atomic E-state index is 0.354. The van der Waals surface area contributed by atoms with Gasteiger partial charge in [0.25, 0.3) is 0 Å². The van der Waals surface area contributed by atoms with Crippen molar-refractivity contribution in [1.29, 1.82) is 0 Å². The van der Waals surface area contributed by atoms with Crippen molar-refractivity contribution in [3.05, 3.63) is 28.7 Å². The summed E-state index contributed by atoms with van der Waals surface area (Å²) in [6.45, 7) is 0. The molecule has 0 amide bonds. The molecule has 0 aliphatic heterocycles. The van der Waals surface area contributed by atoms with Crippen LogP contribution in [0.3, 0.4) is 0 Å². The fourth-order valence-electron chi connectivity index (χ4n) is 1.29. The summed E-state index contributed by atoms with van der Waals surface area (Å²) in [5.41, 5.74) is 6.30. The summed E-state index contributed by atoms with van der Waals surface area (Å²) in [7, 11) is 1.60. The number of benzene rings is 1. The first-order chi connectivity index (χ1) is 7.20. The van der Waals surface area contributed by atoms with Crippen LogP contribution in [0.15, 0.2) is 33.3 Å². The van der Waals surface area contributed by atoms with Gasteiger partial charge in [-0.15, -0.1) is 0 Å². The van der Waals surface area contributed by atoms with Gasteiger partial charge in [0.05, 0.1) is 12.7 Å². The Bertz CT molecular complexity index is 482. The molecule has 0 fully saturated rings. The van der Waals surface area contributed by atoms with E-state index in [2.05, 4.69) is 21.1 Å². The molecule has 0 atom stereocenters. The first kappa shape index (κ1) is 10.0. The quantitative estimate of drug-likeness (QED) is 0.910. The van der Waals surface area contributed by atoms with Gasteiger partial charge in [0.15, 0.2) is 11.6 Å². The van der Waals surface area contributed by atoms with Crippen LogP contribution in [0, 0.1) is 0 Å². The van der Waals surface area contributed by atoms with Crippen LogP contribution in [0.1, 0.15) is 0 Å². The lowest BCUT2D eigenvalue weighted by atomic mass is 10.1. The van der Waals surface area contributed by atoms with Gasteiger partial charge in [-0.05, 0) is 18.2 Å². The van der Waals surface area contributed by atoms with Crippen molar-refractivity contribution in [2.24, 2.45) is 0 Å². The zero-order valence-electron chi connectivity index (χ0n) is 8.03. The third-order valence-corrected chi connectivity index (χ3v) is 2.45. The Morgan fingerprint density at radius 2 is 2.20 bits per heavy atom. The summed E-state index contributed by atoms with van der Waals surface area (Å²) < 4.78 is 11.2. The van der Waals surface area contributed by atoms with Gasteiger partial charge in [-0.2, -0.15) is 0 Å². The highest BCUT2D eigenvalue weighted by Gasteiger charge is 2.11. The Balaban J connectivity index is 2.55. The molecule has 0 aliphatic rings. The van der Waals surface area contributed by atoms with Gasteiger partial charge in [-0.25, -0.2) is 0 Å². The topological polar surface area (TPSA) is 61.3 Å². The van der Waals surface area contributed by atoms with Crippen molar-refractivity contribution in [3.8, 4) is 17.1 Å². The molecule has 1 aromatic heterocycles. The van der Waals surface area contributed by atoms with Crippen LogP contribution < -0.4 is 10.5 Å². The van der Waals surface area contributed by atoms with Crippen molar-refractivity contribution in [3.63, 3.8) is 0 Å². The number of ether oxygens (including phenoxy) is 1. The number of nitrogens with two attached hydrogens (primary N) is 1. The minimum atomic E-state index is 0.354. The number of aromatic nitrogens is 1. The zero-order valence-corrected chi connectivity index (χ0v) is 9.61. The first-order valence-corrected chi connectivity index (χ1v) is 5.06. The average Bonchev–Trinajstić information content (AvgIpc) is 2.65. The van der Waals surface area contributed by atoms with E-state index in [0.29, 0.717) is 17.3 Å². The van der Waals surface area contributed by atoms with Crippen molar-refractivity contribution >= 4 is 21.7 Å². The number of rotatable bonds is 2. The van der Waals surface area contributed by atoms with Gasteiger partial charge in [0.1, 0.15) is 5.75 Å². The van der Waals surface area contributed by atoms with Crippen molar-refractivity contribution in [2.75, 3.05) is 12.8 Å². The molecule has 1 aromatic carbocycles. The molecule has 2 N–H and O–H groups in total. The lowest BCUT2D eigenvalue weighted by molar-refractivity contribution is 0.407. The van der Waals surface area contributed by atoms with Crippen LogP contribution in [0.4, 0.5) is 5.82 Å². The number of nitrogen functional groups attached to an aromatic ring is 1. The molecule has 0 aliphatic carbocycles. The second kappa shape index (κ2) is 3.94. The number of nitrogens with zero attached hydrogens (tertiary/aromatic N) is 1. The van der Waals surface area contributed by atoms with Gasteiger partial charge in [0, 0.05) is 10.5 Å². The molecule has 0 radical (unpaired) electrons. The van der Waals surface area contributed by atoms with Crippen LogP contribution in [0.5, 0.6) is 5.75 Å². The number of hydrogen-bond acceptors (Lipinski definition) is 4. The Kier molecular flexibility index (Phi) is 2.64. The summed E-state index contributed by atoms with van der Waals surface area (Å²) in [4.78, 5) is 0. The monoisotopic (exact) mass is 268 g/mol. The predicted octanol–water partition coefficient (Wildman–Crippen LogP) is 2.69. The largest absolute Gasteiger partial charge is 0.496 e. The summed E-state index contributed by atoms with van der Waals surface area (Å²) in [6, 6.07) is 7.28. The molecule has 2 rings (SSSR count). The number of halogens is 1. The molecule has 0 spiro atoms. The van der Waals surface area contributed by atoms with Crippen molar-refractivity contribution in [2.45, 2.75) is 0 Å². The van der Waals surface area contributed by atoms with Gasteiger partial charge in [-0.3, -0.25) is 0 Å². The van der Waals surface area contributed by atoms with E-state index < -0.39 is 0 Å². The van der Waals surface area contributed by atoms with E-state index in [4.69, 9.17) is 15.0 Å². The summed E-state index contributed by atoms with van der Waals surface area (Å²) in [5, 5.41) is 3.63. The van der Waals surface area contributed by atoms with E-state index in [1.54, 1.807) is 13.2 Å². The molecule has 0 saturated carbocycles. The smallest absolute Gasteiger partial charge is 0.172 e. The molecule has 5 heteroatoms. The average molecular weight is 269 g/mol. The summed E-state index contributed by atoms with van der Waals surface area (Å²) in [6.07, 6.45) is 0. The molecule has 78 valence electrons. The molecular weight excluding hydrogens is 260 g/mol. The standard InChI is InChI=1S/C10H9BrN2O2/c1-14-8-3-2-6(11)4-7(8)9-5-10(12)13-15-9/h2-5H,1H3,(H2,12,13). The van der Waals surface area contributed by atoms with E-state index >= 15 is 0 Å². The molecule has 2 aromatic rings. The third-order valence-electron chi connectivity index (χ3n) is 1.96. The maximum Gasteiger partial charge on any atom is 0.172 e. The highest BCUT2D eigenvalue weighted by Crippen LogP contribution is 2.33. The van der Waals surface area contributed by atoms with Gasteiger partial charge < -0.3 is 15.0 Å².